The van der Waals surface area contributed by atoms with Gasteiger partial charge in [-0.25, -0.2) is 0 Å². The molecule has 0 aliphatic rings. The van der Waals surface area contributed by atoms with Crippen molar-refractivity contribution < 1.29 is 0 Å². The van der Waals surface area contributed by atoms with Gasteiger partial charge in [0.2, 0.25) is 0 Å². The third-order valence-corrected chi connectivity index (χ3v) is 2.91. The molecule has 0 saturated carbocycles. The zero-order chi connectivity index (χ0) is 11.5. The molecule has 0 aliphatic heterocycles. The Kier molecular flexibility index (Phi) is 3.35. The molecular formula is C14H19N. The van der Waals surface area contributed by atoms with Crippen LogP contribution < -0.4 is 5.73 Å². The number of nitrogen functional groups attached to an aromatic ring is 1. The molecule has 1 heteroatoms. The van der Waals surface area contributed by atoms with Crippen molar-refractivity contribution in [1.82, 2.24) is 0 Å². The molecule has 0 aliphatic carbocycles. The summed E-state index contributed by atoms with van der Waals surface area (Å²) in [5, 5.41) is 0. The first-order valence-electron chi connectivity index (χ1n) is 5.17. The smallest absolute Gasteiger partial charge is 0.0358 e. The monoisotopic (exact) mass is 201 g/mol. The molecule has 2 N–H and O–H groups in total. The summed E-state index contributed by atoms with van der Waals surface area (Å²) in [5.41, 5.74) is 8.87. The fourth-order valence-electron chi connectivity index (χ4n) is 1.77. The number of allylic oxidation sites excluding steroid dienone is 3. The van der Waals surface area contributed by atoms with Gasteiger partial charge in [0, 0.05) is 11.1 Å². The first kappa shape index (κ1) is 11.6. The van der Waals surface area contributed by atoms with E-state index < -0.39 is 0 Å². The summed E-state index contributed by atoms with van der Waals surface area (Å²) in [6, 6.07) is 7.95. The van der Waals surface area contributed by atoms with E-state index in [0.29, 0.717) is 0 Å². The number of anilines is 1. The lowest BCUT2D eigenvalue weighted by molar-refractivity contribution is 0.708. The minimum Gasteiger partial charge on any atom is -0.398 e. The number of rotatable bonds is 3. The molecule has 15 heavy (non-hydrogen) atoms. The third-order valence-electron chi connectivity index (χ3n) is 2.91. The van der Waals surface area contributed by atoms with Gasteiger partial charge in [-0.05, 0) is 32.4 Å². The van der Waals surface area contributed by atoms with Gasteiger partial charge < -0.3 is 5.73 Å². The van der Waals surface area contributed by atoms with Gasteiger partial charge in [-0.2, -0.15) is 0 Å². The molecule has 0 heterocycles. The van der Waals surface area contributed by atoms with Crippen molar-refractivity contribution in [2.45, 2.75) is 26.2 Å². The van der Waals surface area contributed by atoms with Crippen LogP contribution in [0.3, 0.4) is 0 Å². The van der Waals surface area contributed by atoms with Crippen LogP contribution in [0.15, 0.2) is 48.6 Å². The van der Waals surface area contributed by atoms with Crippen molar-refractivity contribution in [1.29, 1.82) is 0 Å². The van der Waals surface area contributed by atoms with E-state index in [1.807, 2.05) is 38.1 Å². The van der Waals surface area contributed by atoms with E-state index in [1.54, 1.807) is 0 Å². The lowest BCUT2D eigenvalue weighted by atomic mass is 9.76. The minimum absolute atomic E-state index is 0.167. The number of hydrogen-bond donors (Lipinski definition) is 1. The van der Waals surface area contributed by atoms with Crippen LogP contribution in [0.5, 0.6) is 0 Å². The summed E-state index contributed by atoms with van der Waals surface area (Å²) in [6.45, 7) is 10.2. The molecule has 0 bridgehead atoms. The van der Waals surface area contributed by atoms with Crippen molar-refractivity contribution in [3.63, 3.8) is 0 Å². The highest BCUT2D eigenvalue weighted by Crippen LogP contribution is 2.35. The highest BCUT2D eigenvalue weighted by atomic mass is 14.6. The Balaban J connectivity index is 3.34. The Bertz CT molecular complexity index is 390. The quantitative estimate of drug-likeness (QED) is 0.586. The maximum atomic E-state index is 6.00. The molecule has 1 aromatic rings. The van der Waals surface area contributed by atoms with E-state index in [1.165, 1.54) is 0 Å². The second-order valence-corrected chi connectivity index (χ2v) is 4.07. The summed E-state index contributed by atoms with van der Waals surface area (Å²) in [7, 11) is 0. The fraction of sp³-hybridized carbons (Fsp3) is 0.286. The van der Waals surface area contributed by atoms with Crippen molar-refractivity contribution in [3.8, 4) is 0 Å². The van der Waals surface area contributed by atoms with Crippen molar-refractivity contribution in [2.24, 2.45) is 0 Å². The van der Waals surface area contributed by atoms with Crippen molar-refractivity contribution in [3.05, 3.63) is 54.1 Å². The fourth-order valence-corrected chi connectivity index (χ4v) is 1.77. The predicted octanol–water partition coefficient (Wildman–Crippen LogP) is 3.68. The van der Waals surface area contributed by atoms with Crippen LogP contribution in [0.4, 0.5) is 5.69 Å². The van der Waals surface area contributed by atoms with Crippen LogP contribution >= 0.6 is 0 Å². The van der Waals surface area contributed by atoms with Gasteiger partial charge in [-0.1, -0.05) is 42.5 Å². The number of para-hydroxylation sites is 1. The second kappa shape index (κ2) is 4.35. The Morgan fingerprint density at radius 3 is 2.47 bits per heavy atom. The number of hydrogen-bond acceptors (Lipinski definition) is 1. The third kappa shape index (κ3) is 2.12. The van der Waals surface area contributed by atoms with Gasteiger partial charge in [0.15, 0.2) is 0 Å². The Morgan fingerprint density at radius 1 is 1.40 bits per heavy atom. The van der Waals surface area contributed by atoms with Crippen LogP contribution in [0.1, 0.15) is 26.3 Å². The summed E-state index contributed by atoms with van der Waals surface area (Å²) < 4.78 is 0. The van der Waals surface area contributed by atoms with Crippen LogP contribution in [-0.4, -0.2) is 0 Å². The molecule has 0 amide bonds. The number of benzene rings is 1. The molecule has 0 saturated heterocycles. The van der Waals surface area contributed by atoms with Crippen LogP contribution in [0.2, 0.25) is 0 Å². The SMILES string of the molecule is C=C(C)C(C)(C=CC)c1ccccc1N. The lowest BCUT2D eigenvalue weighted by Gasteiger charge is -2.28. The molecule has 0 aromatic heterocycles. The summed E-state index contributed by atoms with van der Waals surface area (Å²) >= 11 is 0. The predicted molar refractivity (Wildman–Crippen MR) is 67.8 cm³/mol. The first-order valence-corrected chi connectivity index (χ1v) is 5.17. The molecule has 1 nitrogen and oxygen atoms in total. The molecular weight excluding hydrogens is 182 g/mol. The zero-order valence-electron chi connectivity index (χ0n) is 9.75. The van der Waals surface area contributed by atoms with Gasteiger partial charge in [-0.3, -0.25) is 0 Å². The van der Waals surface area contributed by atoms with Crippen LogP contribution in [0.25, 0.3) is 0 Å². The van der Waals surface area contributed by atoms with E-state index in [-0.39, 0.29) is 5.41 Å². The second-order valence-electron chi connectivity index (χ2n) is 4.07. The molecule has 0 radical (unpaired) electrons. The number of nitrogens with two attached hydrogens (primary N) is 1. The van der Waals surface area contributed by atoms with Crippen LogP contribution in [0, 0.1) is 0 Å². The van der Waals surface area contributed by atoms with Gasteiger partial charge in [0.1, 0.15) is 0 Å². The van der Waals surface area contributed by atoms with E-state index in [2.05, 4.69) is 25.6 Å². The maximum Gasteiger partial charge on any atom is 0.0358 e. The van der Waals surface area contributed by atoms with Gasteiger partial charge in [0.25, 0.3) is 0 Å². The van der Waals surface area contributed by atoms with Gasteiger partial charge in [0.05, 0.1) is 0 Å². The van der Waals surface area contributed by atoms with E-state index >= 15 is 0 Å². The largest absolute Gasteiger partial charge is 0.398 e. The summed E-state index contributed by atoms with van der Waals surface area (Å²) in [6.07, 6.45) is 4.18. The normalized spacial score (nSPS) is 15.1. The standard InChI is InChI=1S/C14H19N/c1-5-10-14(4,11(2)3)12-8-6-7-9-13(12)15/h5-10H,2,15H2,1,3-4H3. The topological polar surface area (TPSA) is 26.0 Å². The summed E-state index contributed by atoms with van der Waals surface area (Å²) in [4.78, 5) is 0. The lowest BCUT2D eigenvalue weighted by Crippen LogP contribution is -2.21. The molecule has 1 rings (SSSR count). The van der Waals surface area contributed by atoms with E-state index in [9.17, 15) is 0 Å². The van der Waals surface area contributed by atoms with Crippen molar-refractivity contribution >= 4 is 5.69 Å². The minimum atomic E-state index is -0.167. The zero-order valence-corrected chi connectivity index (χ0v) is 9.75. The molecule has 1 aromatic carbocycles. The molecule has 1 unspecified atom stereocenters. The first-order chi connectivity index (χ1) is 7.02. The summed E-state index contributed by atoms with van der Waals surface area (Å²) in [5.74, 6) is 0. The Hall–Kier alpha value is -1.50. The molecule has 1 atom stereocenters. The highest BCUT2D eigenvalue weighted by molar-refractivity contribution is 5.55. The van der Waals surface area contributed by atoms with Gasteiger partial charge >= 0.3 is 0 Å². The Labute approximate surface area is 92.3 Å². The molecule has 80 valence electrons. The molecule has 0 fully saturated rings. The molecule has 0 spiro atoms. The van der Waals surface area contributed by atoms with Gasteiger partial charge in [-0.15, -0.1) is 0 Å². The Morgan fingerprint density at radius 2 is 2.00 bits per heavy atom. The average Bonchev–Trinajstić information content (AvgIpc) is 2.18. The van der Waals surface area contributed by atoms with E-state index in [0.717, 1.165) is 16.8 Å². The van der Waals surface area contributed by atoms with Crippen molar-refractivity contribution in [2.75, 3.05) is 5.73 Å². The highest BCUT2D eigenvalue weighted by Gasteiger charge is 2.25. The average molecular weight is 201 g/mol. The van der Waals surface area contributed by atoms with E-state index in [4.69, 9.17) is 5.73 Å². The maximum absolute atomic E-state index is 6.00. The van der Waals surface area contributed by atoms with Crippen LogP contribution in [-0.2, 0) is 5.41 Å².